The summed E-state index contributed by atoms with van der Waals surface area (Å²) in [5.74, 6) is 0. The van der Waals surface area contributed by atoms with Gasteiger partial charge in [-0.2, -0.15) is 0 Å². The molecule has 2 aromatic rings. The van der Waals surface area contributed by atoms with Crippen LogP contribution in [0.25, 0.3) is 6.08 Å². The lowest BCUT2D eigenvalue weighted by molar-refractivity contribution is 0.210. The van der Waals surface area contributed by atoms with Crippen LogP contribution in [0.4, 0.5) is 0 Å². The maximum absolute atomic E-state index is 4.32. The molecule has 5 heteroatoms. The minimum absolute atomic E-state index is 0. The molecule has 0 aliphatic carbocycles. The van der Waals surface area contributed by atoms with E-state index in [9.17, 15) is 0 Å². The van der Waals surface area contributed by atoms with Gasteiger partial charge in [-0.25, -0.2) is 0 Å². The molecule has 0 radical (unpaired) electrons. The summed E-state index contributed by atoms with van der Waals surface area (Å²) in [5, 5.41) is 3.55. The molecule has 23 heavy (non-hydrogen) atoms. The van der Waals surface area contributed by atoms with Gasteiger partial charge in [-0.15, -0.1) is 24.8 Å². The number of hydrogen-bond acceptors (Lipinski definition) is 3. The lowest BCUT2D eigenvalue weighted by atomic mass is 10.1. The Kier molecular flexibility index (Phi) is 8.89. The van der Waals surface area contributed by atoms with Crippen LogP contribution in [-0.2, 0) is 6.54 Å². The molecule has 1 aromatic heterocycles. The summed E-state index contributed by atoms with van der Waals surface area (Å²) in [6.45, 7) is 4.20. The van der Waals surface area contributed by atoms with Crippen molar-refractivity contribution in [3.63, 3.8) is 0 Å². The molecule has 0 unspecified atom stereocenters. The first kappa shape index (κ1) is 19.7. The average Bonchev–Trinajstić information content (AvgIpc) is 2.55. The molecule has 3 rings (SSSR count). The van der Waals surface area contributed by atoms with Crippen molar-refractivity contribution in [3.05, 3.63) is 72.1 Å². The number of aromatic nitrogens is 1. The number of benzene rings is 1. The second-order valence-electron chi connectivity index (χ2n) is 5.40. The average molecular weight is 352 g/mol. The van der Waals surface area contributed by atoms with Crippen molar-refractivity contribution < 1.29 is 0 Å². The third kappa shape index (κ3) is 6.32. The summed E-state index contributed by atoms with van der Waals surface area (Å²) in [6.07, 6.45) is 6.15. The highest BCUT2D eigenvalue weighted by Crippen LogP contribution is 2.09. The molecule has 1 atom stereocenters. The number of halogens is 2. The van der Waals surface area contributed by atoms with Gasteiger partial charge in [0.1, 0.15) is 0 Å². The van der Waals surface area contributed by atoms with E-state index in [0.29, 0.717) is 6.04 Å². The maximum Gasteiger partial charge on any atom is 0.0627 e. The van der Waals surface area contributed by atoms with E-state index in [4.69, 9.17) is 0 Å². The molecular weight excluding hydrogens is 329 g/mol. The Morgan fingerprint density at radius 2 is 1.87 bits per heavy atom. The fraction of sp³-hybridized carbons (Fsp3) is 0.278. The molecule has 0 amide bonds. The van der Waals surface area contributed by atoms with E-state index in [1.54, 1.807) is 0 Å². The largest absolute Gasteiger partial charge is 0.308 e. The highest BCUT2D eigenvalue weighted by Gasteiger charge is 2.16. The first-order chi connectivity index (χ1) is 10.4. The third-order valence-electron chi connectivity index (χ3n) is 3.73. The van der Waals surface area contributed by atoms with E-state index in [0.717, 1.165) is 31.9 Å². The molecule has 1 aliphatic heterocycles. The molecule has 1 N–H and O–H groups in total. The van der Waals surface area contributed by atoms with Gasteiger partial charge in [-0.3, -0.25) is 9.88 Å². The van der Waals surface area contributed by atoms with Gasteiger partial charge in [-0.1, -0.05) is 42.5 Å². The first-order valence-corrected chi connectivity index (χ1v) is 7.49. The van der Waals surface area contributed by atoms with Crippen LogP contribution in [-0.4, -0.2) is 35.6 Å². The van der Waals surface area contributed by atoms with Crippen molar-refractivity contribution >= 4 is 30.9 Å². The van der Waals surface area contributed by atoms with E-state index in [1.165, 1.54) is 5.56 Å². The Morgan fingerprint density at radius 1 is 1.09 bits per heavy atom. The van der Waals surface area contributed by atoms with Crippen LogP contribution >= 0.6 is 24.8 Å². The lowest BCUT2D eigenvalue weighted by Gasteiger charge is -2.32. The Hall–Kier alpha value is -1.39. The zero-order valence-corrected chi connectivity index (χ0v) is 14.6. The van der Waals surface area contributed by atoms with E-state index in [-0.39, 0.29) is 24.8 Å². The summed E-state index contributed by atoms with van der Waals surface area (Å²) in [6, 6.07) is 17.1. The zero-order valence-electron chi connectivity index (χ0n) is 13.0. The molecule has 0 spiro atoms. The van der Waals surface area contributed by atoms with E-state index in [1.807, 2.05) is 24.4 Å². The minimum atomic E-state index is 0. The van der Waals surface area contributed by atoms with Crippen LogP contribution in [0.2, 0.25) is 0 Å². The van der Waals surface area contributed by atoms with Gasteiger partial charge >= 0.3 is 0 Å². The molecule has 2 heterocycles. The maximum atomic E-state index is 4.32. The highest BCUT2D eigenvalue weighted by molar-refractivity contribution is 5.85. The van der Waals surface area contributed by atoms with E-state index >= 15 is 0 Å². The third-order valence-corrected chi connectivity index (χ3v) is 3.73. The standard InChI is InChI=1S/C18H21N3.2ClH/c1-2-6-16(7-3-1)14-21-13-12-20-18(15-21)10-9-17-8-4-5-11-19-17;;/h1-11,18,20H,12-15H2;2*1H/t18-;;/m1../s1. The predicted molar refractivity (Wildman–Crippen MR) is 101 cm³/mol. The number of nitrogens with zero attached hydrogens (tertiary/aromatic N) is 2. The monoisotopic (exact) mass is 351 g/mol. The minimum Gasteiger partial charge on any atom is -0.308 e. The van der Waals surface area contributed by atoms with Crippen LogP contribution < -0.4 is 5.32 Å². The van der Waals surface area contributed by atoms with Crippen LogP contribution in [0.5, 0.6) is 0 Å². The van der Waals surface area contributed by atoms with Gasteiger partial charge in [0.25, 0.3) is 0 Å². The lowest BCUT2D eigenvalue weighted by Crippen LogP contribution is -2.49. The molecular formula is C18H23Cl2N3. The van der Waals surface area contributed by atoms with Crippen LogP contribution in [0.3, 0.4) is 0 Å². The molecule has 0 saturated carbocycles. The number of hydrogen-bond donors (Lipinski definition) is 1. The van der Waals surface area contributed by atoms with Crippen molar-refractivity contribution in [1.29, 1.82) is 0 Å². The molecule has 1 aromatic carbocycles. The molecule has 124 valence electrons. The molecule has 0 bridgehead atoms. The van der Waals surface area contributed by atoms with Gasteiger partial charge in [0.15, 0.2) is 0 Å². The van der Waals surface area contributed by atoms with Crippen molar-refractivity contribution in [1.82, 2.24) is 15.2 Å². The molecule has 3 nitrogen and oxygen atoms in total. The van der Waals surface area contributed by atoms with Crippen LogP contribution in [0.15, 0.2) is 60.8 Å². The van der Waals surface area contributed by atoms with Gasteiger partial charge in [0.2, 0.25) is 0 Å². The van der Waals surface area contributed by atoms with E-state index in [2.05, 4.69) is 57.7 Å². The highest BCUT2D eigenvalue weighted by atomic mass is 35.5. The second kappa shape index (κ2) is 10.4. The normalized spacial score (nSPS) is 18.2. The van der Waals surface area contributed by atoms with Crippen molar-refractivity contribution in [2.75, 3.05) is 19.6 Å². The number of rotatable bonds is 4. The predicted octanol–water partition coefficient (Wildman–Crippen LogP) is 3.41. The Balaban J connectivity index is 0.00000132. The fourth-order valence-electron chi connectivity index (χ4n) is 2.65. The summed E-state index contributed by atoms with van der Waals surface area (Å²) in [7, 11) is 0. The Labute approximate surface area is 150 Å². The van der Waals surface area contributed by atoms with Gasteiger partial charge in [0, 0.05) is 38.4 Å². The van der Waals surface area contributed by atoms with Crippen molar-refractivity contribution in [2.45, 2.75) is 12.6 Å². The van der Waals surface area contributed by atoms with Crippen molar-refractivity contribution in [2.24, 2.45) is 0 Å². The smallest absolute Gasteiger partial charge is 0.0627 e. The Bertz CT molecular complexity index is 575. The van der Waals surface area contributed by atoms with Crippen LogP contribution in [0, 0.1) is 0 Å². The summed E-state index contributed by atoms with van der Waals surface area (Å²) >= 11 is 0. The Morgan fingerprint density at radius 3 is 2.61 bits per heavy atom. The molecule has 1 fully saturated rings. The van der Waals surface area contributed by atoms with Gasteiger partial charge in [-0.05, 0) is 23.8 Å². The number of piperazine rings is 1. The molecule has 1 aliphatic rings. The summed E-state index contributed by atoms with van der Waals surface area (Å²) in [4.78, 5) is 6.82. The number of pyridine rings is 1. The SMILES string of the molecule is C(=C[C@@H]1CN(Cc2ccccc2)CCN1)c1ccccn1.Cl.Cl. The zero-order chi connectivity index (χ0) is 14.3. The van der Waals surface area contributed by atoms with Crippen LogP contribution in [0.1, 0.15) is 11.3 Å². The summed E-state index contributed by atoms with van der Waals surface area (Å²) in [5.41, 5.74) is 2.39. The van der Waals surface area contributed by atoms with E-state index < -0.39 is 0 Å². The quantitative estimate of drug-likeness (QED) is 0.914. The van der Waals surface area contributed by atoms with Crippen molar-refractivity contribution in [3.8, 4) is 0 Å². The topological polar surface area (TPSA) is 28.2 Å². The first-order valence-electron chi connectivity index (χ1n) is 7.49. The van der Waals surface area contributed by atoms with Gasteiger partial charge < -0.3 is 5.32 Å². The fourth-order valence-corrected chi connectivity index (χ4v) is 2.65. The second-order valence-corrected chi connectivity index (χ2v) is 5.40. The van der Waals surface area contributed by atoms with Gasteiger partial charge in [0.05, 0.1) is 5.69 Å². The number of nitrogens with one attached hydrogen (secondary N) is 1. The molecule has 1 saturated heterocycles. The summed E-state index contributed by atoms with van der Waals surface area (Å²) < 4.78 is 0.